The molecular weight excluding hydrogens is 333 g/mol. The van der Waals surface area contributed by atoms with Crippen LogP contribution in [0.2, 0.25) is 5.02 Å². The van der Waals surface area contributed by atoms with E-state index in [9.17, 15) is 9.18 Å². The molecule has 3 rings (SSSR count). The minimum atomic E-state index is -0.455. The van der Waals surface area contributed by atoms with Crippen molar-refractivity contribution in [3.05, 3.63) is 77.3 Å². The third kappa shape index (κ3) is 3.91. The van der Waals surface area contributed by atoms with Crippen molar-refractivity contribution in [2.75, 3.05) is 5.32 Å². The summed E-state index contributed by atoms with van der Waals surface area (Å²) in [6.45, 7) is -0.00855. The number of nitrogens with zero attached hydrogens (tertiary/aromatic N) is 2. The van der Waals surface area contributed by atoms with E-state index < -0.39 is 5.82 Å². The van der Waals surface area contributed by atoms with Crippen LogP contribution in [0.15, 0.2) is 60.8 Å². The van der Waals surface area contributed by atoms with E-state index in [0.29, 0.717) is 10.7 Å². The standard InChI is InChI=1S/C17H13ClFN3O2/c18-12-4-3-5-13(10-12)20-17(23)15-8-9-22(21-15)11-24-16-7-2-1-6-14(16)19/h1-10H,11H2,(H,20,23). The number of amides is 1. The molecule has 0 spiro atoms. The minimum absolute atomic E-state index is 0.00855. The first kappa shape index (κ1) is 16.0. The van der Waals surface area contributed by atoms with Gasteiger partial charge in [0.2, 0.25) is 0 Å². The van der Waals surface area contributed by atoms with Crippen molar-refractivity contribution in [2.24, 2.45) is 0 Å². The van der Waals surface area contributed by atoms with Gasteiger partial charge >= 0.3 is 0 Å². The number of rotatable bonds is 5. The Labute approximate surface area is 142 Å². The van der Waals surface area contributed by atoms with E-state index in [1.54, 1.807) is 48.7 Å². The Morgan fingerprint density at radius 2 is 2.04 bits per heavy atom. The topological polar surface area (TPSA) is 56.2 Å². The van der Waals surface area contributed by atoms with Crippen LogP contribution in [-0.2, 0) is 6.73 Å². The summed E-state index contributed by atoms with van der Waals surface area (Å²) in [6, 6.07) is 14.4. The van der Waals surface area contributed by atoms with E-state index in [4.69, 9.17) is 16.3 Å². The van der Waals surface area contributed by atoms with Crippen molar-refractivity contribution in [1.29, 1.82) is 0 Å². The monoisotopic (exact) mass is 345 g/mol. The van der Waals surface area contributed by atoms with Crippen LogP contribution in [0, 0.1) is 5.82 Å². The second-order valence-electron chi connectivity index (χ2n) is 4.91. The Morgan fingerprint density at radius 1 is 1.21 bits per heavy atom. The maximum atomic E-state index is 13.5. The maximum absolute atomic E-state index is 13.5. The summed E-state index contributed by atoms with van der Waals surface area (Å²) in [5.41, 5.74) is 0.789. The molecule has 0 aliphatic rings. The van der Waals surface area contributed by atoms with Gasteiger partial charge in [0.25, 0.3) is 5.91 Å². The normalized spacial score (nSPS) is 10.4. The number of carbonyl (C=O) groups is 1. The molecular formula is C17H13ClFN3O2. The summed E-state index contributed by atoms with van der Waals surface area (Å²) in [5, 5.41) is 7.32. The van der Waals surface area contributed by atoms with Crippen LogP contribution in [0.25, 0.3) is 0 Å². The first-order valence-corrected chi connectivity index (χ1v) is 7.47. The van der Waals surface area contributed by atoms with Crippen LogP contribution in [0.4, 0.5) is 10.1 Å². The molecule has 0 unspecified atom stereocenters. The number of anilines is 1. The van der Waals surface area contributed by atoms with E-state index in [-0.39, 0.29) is 24.1 Å². The number of aromatic nitrogens is 2. The SMILES string of the molecule is O=C(Nc1cccc(Cl)c1)c1ccn(COc2ccccc2F)n1. The Bertz CT molecular complexity index is 866. The Balaban J connectivity index is 1.62. The number of ether oxygens (including phenoxy) is 1. The summed E-state index contributed by atoms with van der Waals surface area (Å²) in [7, 11) is 0. The Morgan fingerprint density at radius 3 is 2.83 bits per heavy atom. The molecule has 3 aromatic rings. The smallest absolute Gasteiger partial charge is 0.276 e. The molecule has 0 bridgehead atoms. The second-order valence-corrected chi connectivity index (χ2v) is 5.35. The van der Waals surface area contributed by atoms with Gasteiger partial charge in [-0.2, -0.15) is 5.10 Å². The zero-order valence-electron chi connectivity index (χ0n) is 12.4. The van der Waals surface area contributed by atoms with Gasteiger partial charge < -0.3 is 10.1 Å². The Hall–Kier alpha value is -2.86. The van der Waals surface area contributed by atoms with Gasteiger partial charge in [0.05, 0.1) is 0 Å². The first-order chi connectivity index (χ1) is 11.6. The first-order valence-electron chi connectivity index (χ1n) is 7.09. The van der Waals surface area contributed by atoms with E-state index in [1.165, 1.54) is 16.8 Å². The highest BCUT2D eigenvalue weighted by molar-refractivity contribution is 6.30. The number of hydrogen-bond acceptors (Lipinski definition) is 3. The van der Waals surface area contributed by atoms with Crippen LogP contribution in [-0.4, -0.2) is 15.7 Å². The molecule has 0 aliphatic carbocycles. The predicted octanol–water partition coefficient (Wildman–Crippen LogP) is 3.96. The summed E-state index contributed by atoms with van der Waals surface area (Å²) in [4.78, 5) is 12.1. The van der Waals surface area contributed by atoms with E-state index >= 15 is 0 Å². The molecule has 1 N–H and O–H groups in total. The third-order valence-corrected chi connectivity index (χ3v) is 3.38. The van der Waals surface area contributed by atoms with Crippen LogP contribution < -0.4 is 10.1 Å². The van der Waals surface area contributed by atoms with Crippen molar-refractivity contribution >= 4 is 23.2 Å². The van der Waals surface area contributed by atoms with Gasteiger partial charge in [0.1, 0.15) is 0 Å². The molecule has 122 valence electrons. The largest absolute Gasteiger partial charge is 0.468 e. The highest BCUT2D eigenvalue weighted by Crippen LogP contribution is 2.17. The van der Waals surface area contributed by atoms with Crippen molar-refractivity contribution in [3.63, 3.8) is 0 Å². The molecule has 2 aromatic carbocycles. The minimum Gasteiger partial charge on any atom is -0.468 e. The fourth-order valence-corrected chi connectivity index (χ4v) is 2.20. The van der Waals surface area contributed by atoms with Crippen LogP contribution in [0.5, 0.6) is 5.75 Å². The lowest BCUT2D eigenvalue weighted by atomic mass is 10.3. The lowest BCUT2D eigenvalue weighted by Crippen LogP contribution is -2.14. The molecule has 1 amide bonds. The number of benzene rings is 2. The average molecular weight is 346 g/mol. The number of hydrogen-bond donors (Lipinski definition) is 1. The van der Waals surface area contributed by atoms with E-state index in [2.05, 4.69) is 10.4 Å². The molecule has 0 fully saturated rings. The molecule has 1 aromatic heterocycles. The predicted molar refractivity (Wildman–Crippen MR) is 88.7 cm³/mol. The van der Waals surface area contributed by atoms with Crippen LogP contribution >= 0.6 is 11.6 Å². The lowest BCUT2D eigenvalue weighted by Gasteiger charge is -2.07. The van der Waals surface area contributed by atoms with Gasteiger partial charge in [-0.15, -0.1) is 0 Å². The lowest BCUT2D eigenvalue weighted by molar-refractivity contribution is 0.102. The fraction of sp³-hybridized carbons (Fsp3) is 0.0588. The van der Waals surface area contributed by atoms with Crippen LogP contribution in [0.3, 0.4) is 0 Å². The van der Waals surface area contributed by atoms with E-state index in [0.717, 1.165) is 0 Å². The van der Waals surface area contributed by atoms with Gasteiger partial charge in [-0.1, -0.05) is 29.8 Å². The zero-order valence-corrected chi connectivity index (χ0v) is 13.2. The Kier molecular flexibility index (Phi) is 4.77. The summed E-state index contributed by atoms with van der Waals surface area (Å²) in [6.07, 6.45) is 1.58. The van der Waals surface area contributed by atoms with Gasteiger partial charge in [0, 0.05) is 16.9 Å². The van der Waals surface area contributed by atoms with Gasteiger partial charge in [-0.05, 0) is 36.4 Å². The van der Waals surface area contributed by atoms with Crippen LogP contribution in [0.1, 0.15) is 10.5 Å². The second kappa shape index (κ2) is 7.14. The highest BCUT2D eigenvalue weighted by Gasteiger charge is 2.10. The summed E-state index contributed by atoms with van der Waals surface area (Å²) in [5.74, 6) is -0.705. The van der Waals surface area contributed by atoms with E-state index in [1.807, 2.05) is 0 Å². The molecule has 0 saturated heterocycles. The molecule has 7 heteroatoms. The van der Waals surface area contributed by atoms with Crippen molar-refractivity contribution in [1.82, 2.24) is 9.78 Å². The van der Waals surface area contributed by atoms with Gasteiger partial charge in [-0.3, -0.25) is 4.79 Å². The maximum Gasteiger partial charge on any atom is 0.276 e. The van der Waals surface area contributed by atoms with Crippen molar-refractivity contribution in [3.8, 4) is 5.75 Å². The molecule has 0 aliphatic heterocycles. The quantitative estimate of drug-likeness (QED) is 0.761. The van der Waals surface area contributed by atoms with Crippen molar-refractivity contribution in [2.45, 2.75) is 6.73 Å². The highest BCUT2D eigenvalue weighted by atomic mass is 35.5. The molecule has 1 heterocycles. The van der Waals surface area contributed by atoms with Crippen molar-refractivity contribution < 1.29 is 13.9 Å². The molecule has 24 heavy (non-hydrogen) atoms. The number of carbonyl (C=O) groups excluding carboxylic acids is 1. The molecule has 0 radical (unpaired) electrons. The van der Waals surface area contributed by atoms with Gasteiger partial charge in [0.15, 0.2) is 24.0 Å². The fourth-order valence-electron chi connectivity index (χ4n) is 2.01. The average Bonchev–Trinajstić information content (AvgIpc) is 3.03. The number of halogens is 2. The zero-order chi connectivity index (χ0) is 16.9. The number of para-hydroxylation sites is 1. The number of nitrogens with one attached hydrogen (secondary N) is 1. The van der Waals surface area contributed by atoms with Gasteiger partial charge in [-0.25, -0.2) is 9.07 Å². The molecule has 5 nitrogen and oxygen atoms in total. The summed E-state index contributed by atoms with van der Waals surface area (Å²) < 4.78 is 20.2. The third-order valence-electron chi connectivity index (χ3n) is 3.14. The molecule has 0 atom stereocenters. The molecule has 0 saturated carbocycles. The summed E-state index contributed by atoms with van der Waals surface area (Å²) >= 11 is 5.87.